The van der Waals surface area contributed by atoms with E-state index >= 15 is 0 Å². The molecule has 15 N–H and O–H groups in total. The topological polar surface area (TPSA) is 418 Å². The van der Waals surface area contributed by atoms with Crippen LogP contribution in [0.2, 0.25) is 0 Å². The fourth-order valence-electron chi connectivity index (χ4n) is 8.83. The number of aryl methyl sites for hydroxylation is 1. The summed E-state index contributed by atoms with van der Waals surface area (Å²) in [7, 11) is 4.83. The number of ether oxygens (including phenoxy) is 3. The van der Waals surface area contributed by atoms with Crippen molar-refractivity contribution >= 4 is 34.7 Å². The molecule has 98 heavy (non-hydrogen) atoms. The highest BCUT2D eigenvalue weighted by Crippen LogP contribution is 2.34. The maximum Gasteiger partial charge on any atom is 0.219 e. The minimum absolute atomic E-state index is 0.101. The number of methoxy groups -OCH3 is 3. The molecule has 492 valence electrons. The van der Waals surface area contributed by atoms with Gasteiger partial charge in [0.05, 0.1) is 117 Å². The zero-order chi connectivity index (χ0) is 69.5. The van der Waals surface area contributed by atoms with Crippen molar-refractivity contribution in [1.29, 1.82) is 0 Å². The standard InChI is InChI=1S/C19H15N3O2.C12H13N3O2.C11H11N3O.C10H9N3O2.C10H9N3O.C10H9N3/c1-12-19(24)22-11-16(13-5-3-2-4-6-13)21-17(18(22)20-12)14-7-9-15(23)10-8-14;1-16-10-4-3-8(5-11(10)17-2)9-6-15-12(13)7-14-9;1-15-9-4-2-8(3-5-9)10-6-14-11(12)7-13-10;11-10-5-12-7(4-13-10)6-1-2-8(14)9(15)3-6;11-10-6-12-9(5-13-10)7-1-3-8(14)4-2-7;11-10-7-12-9(6-13-10)8-4-2-1-3-5-8/h2-11,23-24H,1H3;3-7H,1-2H3,(H2,13,15);2-7H,1H3,(H2,12,14);1-5,14-15H,(H2,11,13);1-6,14H,(H2,11,13);1-7H,(H2,11,13). The molecular formula is C72H66N18O8. The molecular weight excluding hydrogens is 1240 g/mol. The number of hydrogen-bond donors (Lipinski definition) is 10. The largest absolute Gasteiger partial charge is 0.508 e. The van der Waals surface area contributed by atoms with Gasteiger partial charge < -0.3 is 68.4 Å². The number of aromatic nitrogens is 13. The number of fused-ring (bicyclic) bond motifs is 1. The Hall–Kier alpha value is -14.0. The van der Waals surface area contributed by atoms with E-state index in [1.807, 2.05) is 103 Å². The van der Waals surface area contributed by atoms with Gasteiger partial charge in [0.1, 0.15) is 57.7 Å². The highest BCUT2D eigenvalue weighted by molar-refractivity contribution is 5.78. The molecule has 0 amide bonds. The van der Waals surface area contributed by atoms with Gasteiger partial charge >= 0.3 is 0 Å². The summed E-state index contributed by atoms with van der Waals surface area (Å²) in [5.41, 5.74) is 39.7. The van der Waals surface area contributed by atoms with Crippen molar-refractivity contribution in [2.75, 3.05) is 50.0 Å². The molecule has 0 bridgehead atoms. The normalized spacial score (nSPS) is 10.2. The zero-order valence-corrected chi connectivity index (χ0v) is 53.2. The second-order valence-corrected chi connectivity index (χ2v) is 20.6. The number of benzene rings is 7. The molecule has 0 aliphatic carbocycles. The van der Waals surface area contributed by atoms with Crippen LogP contribution in [0.15, 0.2) is 238 Å². The van der Waals surface area contributed by atoms with E-state index in [0.717, 1.165) is 67.6 Å². The number of imidazole rings is 1. The van der Waals surface area contributed by atoms with E-state index < -0.39 is 0 Å². The molecule has 0 aliphatic rings. The number of nitrogens with zero attached hydrogens (tertiary/aromatic N) is 13. The highest BCUT2D eigenvalue weighted by Gasteiger charge is 2.17. The summed E-state index contributed by atoms with van der Waals surface area (Å²) in [6.45, 7) is 1.76. The van der Waals surface area contributed by atoms with Crippen LogP contribution >= 0.6 is 0 Å². The smallest absolute Gasteiger partial charge is 0.219 e. The maximum atomic E-state index is 10.3. The molecule has 26 heteroatoms. The van der Waals surface area contributed by atoms with E-state index in [1.54, 1.807) is 131 Å². The summed E-state index contributed by atoms with van der Waals surface area (Å²) >= 11 is 0. The number of nitrogens with two attached hydrogens (primary N) is 5. The Morgan fingerprint density at radius 1 is 0.327 bits per heavy atom. The summed E-state index contributed by atoms with van der Waals surface area (Å²) in [6, 6.07) is 50.8. The van der Waals surface area contributed by atoms with Gasteiger partial charge in [-0.05, 0) is 116 Å². The lowest BCUT2D eigenvalue weighted by Gasteiger charge is -2.09. The fourth-order valence-corrected chi connectivity index (χ4v) is 8.83. The van der Waals surface area contributed by atoms with Gasteiger partial charge in [-0.3, -0.25) is 29.3 Å². The molecule has 26 nitrogen and oxygen atoms in total. The maximum absolute atomic E-state index is 10.3. The molecule has 0 spiro atoms. The SMILES string of the molecule is COc1ccc(-c2cnc(N)cn2)cc1.COc1ccc(-c2cnc(N)cn2)cc1OC.Cc1nc2c(-c3ccc(O)cc3)nc(-c3ccccc3)cn2c1O.Nc1cnc(-c2ccc(O)c(O)c2)cn1.Nc1cnc(-c2ccc(O)cc2)cn1.Nc1cnc(-c2ccccc2)cn1. The number of hydrogen-bond acceptors (Lipinski definition) is 25. The predicted octanol–water partition coefficient (Wildman–Crippen LogP) is 11.6. The van der Waals surface area contributed by atoms with Gasteiger partial charge in [0.25, 0.3) is 0 Å². The summed E-state index contributed by atoms with van der Waals surface area (Å²) < 4.78 is 17.1. The van der Waals surface area contributed by atoms with Crippen LogP contribution in [0.4, 0.5) is 29.1 Å². The molecule has 7 heterocycles. The van der Waals surface area contributed by atoms with Crippen molar-refractivity contribution in [2.45, 2.75) is 6.92 Å². The molecule has 14 rings (SSSR count). The molecule has 7 aromatic carbocycles. The fraction of sp³-hybridized carbons (Fsp3) is 0.0556. The van der Waals surface area contributed by atoms with Crippen molar-refractivity contribution in [3.05, 3.63) is 244 Å². The number of aromatic hydroxyl groups is 5. The second-order valence-electron chi connectivity index (χ2n) is 20.6. The van der Waals surface area contributed by atoms with Crippen molar-refractivity contribution in [3.8, 4) is 125 Å². The molecule has 14 aromatic rings. The molecule has 0 radical (unpaired) electrons. The van der Waals surface area contributed by atoms with Gasteiger partial charge in [-0.2, -0.15) is 0 Å². The van der Waals surface area contributed by atoms with E-state index in [2.05, 4.69) is 54.8 Å². The van der Waals surface area contributed by atoms with Gasteiger partial charge in [0, 0.05) is 45.1 Å². The molecule has 0 saturated carbocycles. The first kappa shape index (κ1) is 68.3. The molecule has 0 atom stereocenters. The lowest BCUT2D eigenvalue weighted by molar-refractivity contribution is 0.355. The van der Waals surface area contributed by atoms with Crippen LogP contribution < -0.4 is 42.9 Å². The predicted molar refractivity (Wildman–Crippen MR) is 376 cm³/mol. The van der Waals surface area contributed by atoms with Gasteiger partial charge in [0.2, 0.25) is 5.88 Å². The number of rotatable bonds is 10. The Labute approximate surface area is 561 Å². The summed E-state index contributed by atoms with van der Waals surface area (Å²) in [5, 5.41) is 47.3. The van der Waals surface area contributed by atoms with Gasteiger partial charge in [0.15, 0.2) is 28.6 Å². The van der Waals surface area contributed by atoms with Crippen LogP contribution in [0.1, 0.15) is 5.69 Å². The van der Waals surface area contributed by atoms with E-state index in [-0.39, 0.29) is 28.9 Å². The molecule has 0 aliphatic heterocycles. The summed E-state index contributed by atoms with van der Waals surface area (Å²) in [6.07, 6.45) is 17.4. The van der Waals surface area contributed by atoms with Crippen molar-refractivity contribution in [3.63, 3.8) is 0 Å². The third-order valence-electron chi connectivity index (χ3n) is 13.9. The van der Waals surface area contributed by atoms with Crippen LogP contribution in [0, 0.1) is 6.92 Å². The van der Waals surface area contributed by atoms with Gasteiger partial charge in [-0.15, -0.1) is 0 Å². The van der Waals surface area contributed by atoms with E-state index in [0.29, 0.717) is 68.9 Å². The summed E-state index contributed by atoms with van der Waals surface area (Å²) in [5.74, 6) is 4.33. The highest BCUT2D eigenvalue weighted by atomic mass is 16.5. The van der Waals surface area contributed by atoms with Crippen LogP contribution in [-0.2, 0) is 0 Å². The van der Waals surface area contributed by atoms with Crippen molar-refractivity contribution < 1.29 is 39.7 Å². The average molecular weight is 1310 g/mol. The Kier molecular flexibility index (Phi) is 23.0. The number of nitrogen functional groups attached to an aromatic ring is 5. The first-order valence-corrected chi connectivity index (χ1v) is 29.5. The van der Waals surface area contributed by atoms with Crippen LogP contribution in [0.5, 0.6) is 46.1 Å². The Bertz CT molecular complexity index is 4780. The van der Waals surface area contributed by atoms with Crippen molar-refractivity contribution in [2.24, 2.45) is 0 Å². The lowest BCUT2D eigenvalue weighted by Crippen LogP contribution is -1.96. The number of phenols is 4. The van der Waals surface area contributed by atoms with Crippen molar-refractivity contribution in [1.82, 2.24) is 64.2 Å². The minimum Gasteiger partial charge on any atom is -0.508 e. The zero-order valence-electron chi connectivity index (χ0n) is 53.2. The van der Waals surface area contributed by atoms with E-state index in [1.165, 1.54) is 36.9 Å². The minimum atomic E-state index is -0.189. The number of phenolic OH excluding ortho intramolecular Hbond substituents is 4. The van der Waals surface area contributed by atoms with Crippen LogP contribution in [-0.4, -0.2) is 111 Å². The van der Waals surface area contributed by atoms with Gasteiger partial charge in [-0.25, -0.2) is 34.9 Å². The molecule has 7 aromatic heterocycles. The van der Waals surface area contributed by atoms with E-state index in [4.69, 9.17) is 58.1 Å². The second kappa shape index (κ2) is 33.0. The molecule has 0 saturated heterocycles. The average Bonchev–Trinajstić information content (AvgIpc) is 1.59. The molecule has 0 unspecified atom stereocenters. The van der Waals surface area contributed by atoms with Crippen LogP contribution in [0.25, 0.3) is 84.4 Å². The first-order valence-electron chi connectivity index (χ1n) is 29.5. The monoisotopic (exact) mass is 1310 g/mol. The lowest BCUT2D eigenvalue weighted by atomic mass is 10.1. The Morgan fingerprint density at radius 2 is 0.694 bits per heavy atom. The first-order chi connectivity index (χ1) is 47.4. The van der Waals surface area contributed by atoms with Gasteiger partial charge in [-0.1, -0.05) is 60.7 Å². The quantitative estimate of drug-likeness (QED) is 0.0569. The van der Waals surface area contributed by atoms with Crippen LogP contribution in [0.3, 0.4) is 0 Å². The Morgan fingerprint density at radius 3 is 1.09 bits per heavy atom. The Balaban J connectivity index is 0.000000139. The third-order valence-corrected chi connectivity index (χ3v) is 13.9. The third kappa shape index (κ3) is 18.6. The van der Waals surface area contributed by atoms with E-state index in [9.17, 15) is 15.3 Å². The number of anilines is 5. The molecule has 0 fully saturated rings. The summed E-state index contributed by atoms with van der Waals surface area (Å²) in [4.78, 5) is 49.6.